The Balaban J connectivity index is 1.65. The van der Waals surface area contributed by atoms with Crippen LogP contribution in [0.5, 0.6) is 5.75 Å². The predicted molar refractivity (Wildman–Crippen MR) is 95.0 cm³/mol. The Morgan fingerprint density at radius 3 is 2.40 bits per heavy atom. The van der Waals surface area contributed by atoms with Gasteiger partial charge in [-0.3, -0.25) is 0 Å². The number of methoxy groups -OCH3 is 1. The lowest BCUT2D eigenvalue weighted by Crippen LogP contribution is -2.34. The van der Waals surface area contributed by atoms with Crippen LogP contribution in [-0.4, -0.2) is 24.4 Å². The molecule has 1 saturated carbocycles. The van der Waals surface area contributed by atoms with Gasteiger partial charge in [-0.25, -0.2) is 13.8 Å². The van der Waals surface area contributed by atoms with E-state index >= 15 is 0 Å². The molecule has 0 unspecified atom stereocenters. The summed E-state index contributed by atoms with van der Waals surface area (Å²) < 4.78 is 38.7. The van der Waals surface area contributed by atoms with Crippen molar-refractivity contribution in [3.05, 3.63) is 53.6 Å². The third-order valence-electron chi connectivity index (χ3n) is 4.32. The fourth-order valence-corrected chi connectivity index (χ4v) is 2.90. The molecule has 130 valence electrons. The summed E-state index contributed by atoms with van der Waals surface area (Å²) in [5, 5.41) is 2.36. The van der Waals surface area contributed by atoms with Crippen LogP contribution in [0.1, 0.15) is 18.4 Å². The molecule has 0 aromatic heterocycles. The highest BCUT2D eigenvalue weighted by molar-refractivity contribution is 7.78. The Bertz CT molecular complexity index is 815. The molecular weight excluding hydrogens is 344 g/mol. The summed E-state index contributed by atoms with van der Waals surface area (Å²) in [4.78, 5) is 3.99. The maximum absolute atomic E-state index is 14.3. The van der Waals surface area contributed by atoms with Gasteiger partial charge in [-0.2, -0.15) is 0 Å². The smallest absolute Gasteiger partial charge is 0.165 e. The number of nitrogens with zero attached hydrogens (tertiary/aromatic N) is 1. The zero-order valence-electron chi connectivity index (χ0n) is 13.7. The third kappa shape index (κ3) is 4.10. The molecule has 6 heteroatoms. The number of hydrogen-bond acceptors (Lipinski definition) is 4. The van der Waals surface area contributed by atoms with Crippen LogP contribution in [-0.2, 0) is 11.3 Å². The van der Waals surface area contributed by atoms with Gasteiger partial charge in [-0.15, -0.1) is 0 Å². The van der Waals surface area contributed by atoms with E-state index < -0.39 is 5.82 Å². The van der Waals surface area contributed by atoms with E-state index in [2.05, 4.69) is 22.4 Å². The second kappa shape index (κ2) is 7.83. The van der Waals surface area contributed by atoms with E-state index in [0.717, 1.165) is 12.8 Å². The molecule has 0 bridgehead atoms. The summed E-state index contributed by atoms with van der Waals surface area (Å²) in [5.41, 5.74) is 1.66. The minimum absolute atomic E-state index is 0.0758. The van der Waals surface area contributed by atoms with Gasteiger partial charge in [0.15, 0.2) is 11.6 Å². The van der Waals surface area contributed by atoms with Gasteiger partial charge in [0.2, 0.25) is 0 Å². The van der Waals surface area contributed by atoms with Crippen molar-refractivity contribution in [3.63, 3.8) is 0 Å². The summed E-state index contributed by atoms with van der Waals surface area (Å²) in [7, 11) is 1.40. The van der Waals surface area contributed by atoms with Crippen molar-refractivity contribution in [2.45, 2.75) is 31.6 Å². The lowest BCUT2D eigenvalue weighted by Gasteiger charge is -2.31. The number of hydrogen-bond donors (Lipinski definition) is 0. The van der Waals surface area contributed by atoms with E-state index in [-0.39, 0.29) is 30.3 Å². The Kier molecular flexibility index (Phi) is 5.53. The van der Waals surface area contributed by atoms with Gasteiger partial charge in [-0.05, 0) is 54.4 Å². The van der Waals surface area contributed by atoms with E-state index in [9.17, 15) is 8.78 Å². The highest BCUT2D eigenvalue weighted by Crippen LogP contribution is 2.29. The summed E-state index contributed by atoms with van der Waals surface area (Å²) in [6.07, 6.45) is 1.65. The lowest BCUT2D eigenvalue weighted by molar-refractivity contribution is -0.0192. The molecule has 3 nitrogen and oxygen atoms in total. The highest BCUT2D eigenvalue weighted by Gasteiger charge is 2.29. The lowest BCUT2D eigenvalue weighted by atomic mass is 9.90. The number of ether oxygens (including phenoxy) is 2. The van der Waals surface area contributed by atoms with Crippen LogP contribution in [0.2, 0.25) is 0 Å². The molecule has 0 heterocycles. The van der Waals surface area contributed by atoms with Crippen molar-refractivity contribution < 1.29 is 18.3 Å². The molecule has 25 heavy (non-hydrogen) atoms. The van der Waals surface area contributed by atoms with Crippen LogP contribution in [0, 0.1) is 11.6 Å². The van der Waals surface area contributed by atoms with E-state index in [4.69, 9.17) is 9.47 Å². The minimum atomic E-state index is -0.480. The minimum Gasteiger partial charge on any atom is -0.494 e. The average molecular weight is 361 g/mol. The average Bonchev–Trinajstić information content (AvgIpc) is 2.57. The molecule has 3 rings (SSSR count). The van der Waals surface area contributed by atoms with Gasteiger partial charge in [0.05, 0.1) is 31.0 Å². The van der Waals surface area contributed by atoms with Crippen molar-refractivity contribution in [3.8, 4) is 16.9 Å². The number of thiocarbonyl (C=S) groups is 1. The molecule has 0 atom stereocenters. The van der Waals surface area contributed by atoms with Crippen LogP contribution in [0.25, 0.3) is 11.1 Å². The fraction of sp³-hybridized carbons (Fsp3) is 0.316. The Morgan fingerprint density at radius 1 is 1.12 bits per heavy atom. The SMILES string of the molecule is COc1ccc(-c2ccc(COC3CC(N=C=S)C3)c(F)c2)cc1F. The van der Waals surface area contributed by atoms with Crippen molar-refractivity contribution in [2.75, 3.05) is 7.11 Å². The number of benzene rings is 2. The molecule has 2 aromatic rings. The molecule has 0 saturated heterocycles. The summed E-state index contributed by atoms with van der Waals surface area (Å²) in [6.45, 7) is 0.196. The second-order valence-corrected chi connectivity index (χ2v) is 6.12. The first-order valence-electron chi connectivity index (χ1n) is 7.91. The van der Waals surface area contributed by atoms with Crippen LogP contribution < -0.4 is 4.74 Å². The van der Waals surface area contributed by atoms with Gasteiger partial charge < -0.3 is 9.47 Å². The highest BCUT2D eigenvalue weighted by atomic mass is 32.1. The second-order valence-electron chi connectivity index (χ2n) is 5.93. The van der Waals surface area contributed by atoms with Gasteiger partial charge in [0, 0.05) is 5.56 Å². The third-order valence-corrected chi connectivity index (χ3v) is 4.42. The van der Waals surface area contributed by atoms with Gasteiger partial charge in [-0.1, -0.05) is 18.2 Å². The first-order chi connectivity index (χ1) is 12.1. The first-order valence-corrected chi connectivity index (χ1v) is 8.32. The zero-order valence-corrected chi connectivity index (χ0v) is 14.5. The summed E-state index contributed by atoms with van der Waals surface area (Å²) >= 11 is 4.56. The molecule has 0 spiro atoms. The van der Waals surface area contributed by atoms with Crippen LogP contribution in [0.3, 0.4) is 0 Å². The molecule has 1 aliphatic rings. The monoisotopic (exact) mass is 361 g/mol. The summed E-state index contributed by atoms with van der Waals surface area (Å²) in [6, 6.07) is 9.53. The molecule has 1 fully saturated rings. The number of rotatable bonds is 6. The quantitative estimate of drug-likeness (QED) is 0.547. The van der Waals surface area contributed by atoms with Crippen molar-refractivity contribution in [2.24, 2.45) is 4.99 Å². The van der Waals surface area contributed by atoms with Gasteiger partial charge in [0.25, 0.3) is 0 Å². The topological polar surface area (TPSA) is 30.8 Å². The molecule has 0 radical (unpaired) electrons. The molecular formula is C19H17F2NO2S. The maximum Gasteiger partial charge on any atom is 0.165 e. The first kappa shape index (κ1) is 17.7. The largest absolute Gasteiger partial charge is 0.494 e. The van der Waals surface area contributed by atoms with Crippen molar-refractivity contribution >= 4 is 17.4 Å². The zero-order chi connectivity index (χ0) is 17.8. The van der Waals surface area contributed by atoms with Crippen LogP contribution in [0.4, 0.5) is 8.78 Å². The predicted octanol–water partition coefficient (Wildman–Crippen LogP) is 4.79. The molecule has 0 aliphatic heterocycles. The van der Waals surface area contributed by atoms with E-state index in [1.165, 1.54) is 25.3 Å². The Morgan fingerprint density at radius 2 is 1.80 bits per heavy atom. The molecule has 0 N–H and O–H groups in total. The van der Waals surface area contributed by atoms with E-state index in [0.29, 0.717) is 16.7 Å². The number of isothiocyanates is 1. The number of halogens is 2. The fourth-order valence-electron chi connectivity index (χ4n) is 2.75. The Labute approximate surface area is 150 Å². The van der Waals surface area contributed by atoms with E-state index in [1.807, 2.05) is 0 Å². The van der Waals surface area contributed by atoms with Crippen molar-refractivity contribution in [1.29, 1.82) is 0 Å². The standard InChI is InChI=1S/C19H17F2NO2S/c1-23-19-5-4-13(7-18(19)21)12-2-3-14(17(20)6-12)10-24-16-8-15(9-16)22-11-25/h2-7,15-16H,8-10H2,1H3. The molecule has 1 aliphatic carbocycles. The number of aliphatic imine (C=N–C) groups is 1. The van der Waals surface area contributed by atoms with Crippen LogP contribution in [0.15, 0.2) is 41.4 Å². The Hall–Kier alpha value is -2.14. The van der Waals surface area contributed by atoms with E-state index in [1.54, 1.807) is 18.2 Å². The van der Waals surface area contributed by atoms with Crippen LogP contribution >= 0.6 is 12.2 Å². The molecule has 0 amide bonds. The maximum atomic E-state index is 14.3. The van der Waals surface area contributed by atoms with Crippen molar-refractivity contribution in [1.82, 2.24) is 0 Å². The van der Waals surface area contributed by atoms with Gasteiger partial charge >= 0.3 is 0 Å². The summed E-state index contributed by atoms with van der Waals surface area (Å²) in [5.74, 6) is -0.695. The normalized spacial score (nSPS) is 19.0. The van der Waals surface area contributed by atoms with Gasteiger partial charge in [0.1, 0.15) is 5.82 Å². The molecule has 2 aromatic carbocycles.